The monoisotopic (exact) mass is 357 g/mol. The van der Waals surface area contributed by atoms with E-state index in [9.17, 15) is 4.79 Å². The molecule has 1 aromatic carbocycles. The molecule has 4 rings (SSSR count). The van der Waals surface area contributed by atoms with Crippen LogP contribution in [0.25, 0.3) is 20.4 Å². The van der Waals surface area contributed by atoms with Gasteiger partial charge in [-0.2, -0.15) is 5.10 Å². The van der Waals surface area contributed by atoms with Crippen molar-refractivity contribution in [2.45, 2.75) is 27.3 Å². The second-order valence-corrected chi connectivity index (χ2v) is 7.85. The van der Waals surface area contributed by atoms with E-state index in [1.807, 2.05) is 39.0 Å². The Morgan fingerprint density at radius 3 is 2.54 bits per heavy atom. The highest BCUT2D eigenvalue weighted by Gasteiger charge is 2.13. The molecule has 0 saturated heterocycles. The SMILES string of the molecule is Cc1cc(C)n(CC(=O)Nc2nc3ccc4nc(C)sc4c3s2)n1. The highest BCUT2D eigenvalue weighted by Crippen LogP contribution is 2.35. The van der Waals surface area contributed by atoms with E-state index >= 15 is 0 Å². The van der Waals surface area contributed by atoms with Crippen molar-refractivity contribution in [3.05, 3.63) is 34.6 Å². The van der Waals surface area contributed by atoms with Gasteiger partial charge < -0.3 is 5.32 Å². The fourth-order valence-corrected chi connectivity index (χ4v) is 4.69. The molecule has 4 aromatic rings. The summed E-state index contributed by atoms with van der Waals surface area (Å²) in [6.07, 6.45) is 0. The van der Waals surface area contributed by atoms with Gasteiger partial charge in [-0.15, -0.1) is 11.3 Å². The molecule has 3 aromatic heterocycles. The molecule has 0 aliphatic rings. The van der Waals surface area contributed by atoms with E-state index in [0.29, 0.717) is 5.13 Å². The van der Waals surface area contributed by atoms with E-state index < -0.39 is 0 Å². The second-order valence-electron chi connectivity index (χ2n) is 5.65. The largest absolute Gasteiger partial charge is 0.300 e. The number of rotatable bonds is 3. The van der Waals surface area contributed by atoms with E-state index in [-0.39, 0.29) is 12.5 Å². The molecule has 0 aliphatic carbocycles. The van der Waals surface area contributed by atoms with Gasteiger partial charge in [0.15, 0.2) is 5.13 Å². The topological polar surface area (TPSA) is 72.7 Å². The molecule has 1 N–H and O–H groups in total. The number of aryl methyl sites for hydroxylation is 3. The minimum absolute atomic E-state index is 0.128. The van der Waals surface area contributed by atoms with Crippen LogP contribution in [-0.2, 0) is 11.3 Å². The van der Waals surface area contributed by atoms with Gasteiger partial charge in [0.1, 0.15) is 6.54 Å². The van der Waals surface area contributed by atoms with Gasteiger partial charge in [-0.05, 0) is 39.0 Å². The number of fused-ring (bicyclic) bond motifs is 3. The predicted octanol–water partition coefficient (Wildman–Crippen LogP) is 3.67. The number of nitrogens with one attached hydrogen (secondary N) is 1. The average Bonchev–Trinajstić information content (AvgIpc) is 3.15. The lowest BCUT2D eigenvalue weighted by atomic mass is 10.3. The summed E-state index contributed by atoms with van der Waals surface area (Å²) in [4.78, 5) is 21.3. The normalized spacial score (nSPS) is 11.5. The Morgan fingerprint density at radius 2 is 1.83 bits per heavy atom. The summed E-state index contributed by atoms with van der Waals surface area (Å²) in [5.41, 5.74) is 3.74. The van der Waals surface area contributed by atoms with Crippen molar-refractivity contribution in [1.82, 2.24) is 19.7 Å². The number of carbonyl (C=O) groups is 1. The Kier molecular flexibility index (Phi) is 3.58. The Hall–Kier alpha value is -2.32. The van der Waals surface area contributed by atoms with Gasteiger partial charge in [0.2, 0.25) is 5.91 Å². The third-order valence-electron chi connectivity index (χ3n) is 3.66. The third kappa shape index (κ3) is 2.67. The lowest BCUT2D eigenvalue weighted by Gasteiger charge is -2.03. The number of anilines is 1. The summed E-state index contributed by atoms with van der Waals surface area (Å²) < 4.78 is 3.89. The van der Waals surface area contributed by atoms with Crippen LogP contribution < -0.4 is 5.32 Å². The fraction of sp³-hybridized carbons (Fsp3) is 0.250. The quantitative estimate of drug-likeness (QED) is 0.607. The molecule has 0 fully saturated rings. The molecule has 1 amide bonds. The van der Waals surface area contributed by atoms with Crippen LogP contribution >= 0.6 is 22.7 Å². The van der Waals surface area contributed by atoms with E-state index in [1.54, 1.807) is 16.0 Å². The lowest BCUT2D eigenvalue weighted by molar-refractivity contribution is -0.116. The van der Waals surface area contributed by atoms with Crippen molar-refractivity contribution in [2.75, 3.05) is 5.32 Å². The zero-order valence-corrected chi connectivity index (χ0v) is 15.1. The molecule has 0 aliphatic heterocycles. The van der Waals surface area contributed by atoms with Gasteiger partial charge in [0, 0.05) is 5.69 Å². The summed E-state index contributed by atoms with van der Waals surface area (Å²) in [7, 11) is 0. The van der Waals surface area contributed by atoms with Gasteiger partial charge in [0.25, 0.3) is 0 Å². The molecule has 122 valence electrons. The van der Waals surface area contributed by atoms with E-state index in [2.05, 4.69) is 20.4 Å². The number of thiazole rings is 2. The van der Waals surface area contributed by atoms with Gasteiger partial charge in [-0.1, -0.05) is 11.3 Å². The van der Waals surface area contributed by atoms with Crippen LogP contribution in [0.4, 0.5) is 5.13 Å². The predicted molar refractivity (Wildman–Crippen MR) is 97.9 cm³/mol. The first-order chi connectivity index (χ1) is 11.5. The van der Waals surface area contributed by atoms with Crippen LogP contribution in [0.1, 0.15) is 16.4 Å². The Morgan fingerprint density at radius 1 is 1.12 bits per heavy atom. The van der Waals surface area contributed by atoms with Crippen LogP contribution in [0.3, 0.4) is 0 Å². The molecule has 0 saturated carbocycles. The maximum Gasteiger partial charge on any atom is 0.247 e. The minimum Gasteiger partial charge on any atom is -0.300 e. The zero-order valence-electron chi connectivity index (χ0n) is 13.5. The Bertz CT molecular complexity index is 1080. The molecule has 3 heterocycles. The molecule has 0 bridgehead atoms. The molecule has 0 atom stereocenters. The van der Waals surface area contributed by atoms with Crippen molar-refractivity contribution in [2.24, 2.45) is 0 Å². The summed E-state index contributed by atoms with van der Waals surface area (Å²) in [6, 6.07) is 5.88. The van der Waals surface area contributed by atoms with E-state index in [4.69, 9.17) is 0 Å². The maximum absolute atomic E-state index is 12.3. The van der Waals surface area contributed by atoms with E-state index in [0.717, 1.165) is 36.8 Å². The molecule has 6 nitrogen and oxygen atoms in total. The minimum atomic E-state index is -0.128. The molecule has 8 heteroatoms. The molecule has 24 heavy (non-hydrogen) atoms. The molecule has 0 radical (unpaired) electrons. The second kappa shape index (κ2) is 5.64. The fourth-order valence-electron chi connectivity index (χ4n) is 2.67. The van der Waals surface area contributed by atoms with Crippen LogP contribution in [0.2, 0.25) is 0 Å². The Balaban J connectivity index is 1.61. The van der Waals surface area contributed by atoms with Crippen LogP contribution in [0.15, 0.2) is 18.2 Å². The number of amides is 1. The standard InChI is InChI=1S/C16H15N5OS2/c1-8-6-9(2)21(20-8)7-13(22)19-16-18-12-5-4-11-14(15(12)24-16)23-10(3)17-11/h4-6H,7H2,1-3H3,(H,18,19,22). The van der Waals surface area contributed by atoms with Crippen LogP contribution in [0.5, 0.6) is 0 Å². The number of aromatic nitrogens is 4. The summed E-state index contributed by atoms with van der Waals surface area (Å²) in [6.45, 7) is 6.03. The smallest absolute Gasteiger partial charge is 0.247 e. The Labute approximate surface area is 146 Å². The highest BCUT2D eigenvalue weighted by atomic mass is 32.1. The maximum atomic E-state index is 12.3. The highest BCUT2D eigenvalue weighted by molar-refractivity contribution is 7.28. The summed E-state index contributed by atoms with van der Waals surface area (Å²) >= 11 is 3.14. The first-order valence-electron chi connectivity index (χ1n) is 7.47. The first kappa shape index (κ1) is 15.2. The molecular weight excluding hydrogens is 342 g/mol. The van der Waals surface area contributed by atoms with Crippen molar-refractivity contribution in [1.29, 1.82) is 0 Å². The van der Waals surface area contributed by atoms with Gasteiger partial charge >= 0.3 is 0 Å². The molecular formula is C16H15N5OS2. The number of carbonyl (C=O) groups excluding carboxylic acids is 1. The first-order valence-corrected chi connectivity index (χ1v) is 9.10. The third-order valence-corrected chi connectivity index (χ3v) is 5.80. The van der Waals surface area contributed by atoms with E-state index in [1.165, 1.54) is 11.3 Å². The number of benzene rings is 1. The summed E-state index contributed by atoms with van der Waals surface area (Å²) in [5, 5.41) is 8.83. The van der Waals surface area contributed by atoms with Gasteiger partial charge in [-0.3, -0.25) is 9.48 Å². The lowest BCUT2D eigenvalue weighted by Crippen LogP contribution is -2.20. The number of hydrogen-bond acceptors (Lipinski definition) is 6. The van der Waals surface area contributed by atoms with Gasteiger partial charge in [0.05, 0.1) is 31.1 Å². The zero-order chi connectivity index (χ0) is 16.8. The number of hydrogen-bond donors (Lipinski definition) is 1. The van der Waals surface area contributed by atoms with Crippen molar-refractivity contribution in [3.63, 3.8) is 0 Å². The van der Waals surface area contributed by atoms with Crippen molar-refractivity contribution < 1.29 is 4.79 Å². The molecule has 0 unspecified atom stereocenters. The van der Waals surface area contributed by atoms with Crippen molar-refractivity contribution in [3.8, 4) is 0 Å². The molecule has 0 spiro atoms. The van der Waals surface area contributed by atoms with Crippen LogP contribution in [0, 0.1) is 20.8 Å². The van der Waals surface area contributed by atoms with Crippen LogP contribution in [-0.4, -0.2) is 25.7 Å². The van der Waals surface area contributed by atoms with Gasteiger partial charge in [-0.25, -0.2) is 9.97 Å². The van der Waals surface area contributed by atoms with Crippen molar-refractivity contribution >= 4 is 54.1 Å². The average molecular weight is 357 g/mol. The summed E-state index contributed by atoms with van der Waals surface area (Å²) in [5.74, 6) is -0.128. The number of nitrogens with zero attached hydrogens (tertiary/aromatic N) is 4.